The number of carbonyl (C=O) groups excluding carboxylic acids is 2. The molecule has 2 amide bonds. The molecule has 0 aliphatic heterocycles. The lowest BCUT2D eigenvalue weighted by Gasteiger charge is -2.03. The van der Waals surface area contributed by atoms with Crippen LogP contribution in [0.1, 0.15) is 20.3 Å². The van der Waals surface area contributed by atoms with Gasteiger partial charge in [-0.3, -0.25) is 4.79 Å². The number of amides is 2. The SMILES string of the molecule is CCOC(=O)N=C(NC(=O)CC)SC. The molecule has 0 aromatic carbocycles. The van der Waals surface area contributed by atoms with Crippen molar-refractivity contribution in [1.82, 2.24) is 5.32 Å². The zero-order valence-corrected chi connectivity index (χ0v) is 9.31. The first-order chi connectivity index (χ1) is 6.63. The number of nitrogens with zero attached hydrogens (tertiary/aromatic N) is 1. The average molecular weight is 218 g/mol. The molecular formula is C8H14N2O3S. The molecule has 80 valence electrons. The van der Waals surface area contributed by atoms with Crippen LogP contribution in [0.2, 0.25) is 0 Å². The van der Waals surface area contributed by atoms with Crippen molar-refractivity contribution in [3.63, 3.8) is 0 Å². The number of hydrogen-bond acceptors (Lipinski definition) is 4. The Hall–Kier alpha value is -1.04. The molecule has 5 nitrogen and oxygen atoms in total. The van der Waals surface area contributed by atoms with E-state index in [-0.39, 0.29) is 17.7 Å². The Morgan fingerprint density at radius 3 is 2.50 bits per heavy atom. The van der Waals surface area contributed by atoms with Crippen LogP contribution in [0, 0.1) is 0 Å². The van der Waals surface area contributed by atoms with Crippen molar-refractivity contribution in [3.05, 3.63) is 0 Å². The van der Waals surface area contributed by atoms with Gasteiger partial charge in [0.05, 0.1) is 6.61 Å². The molecule has 0 heterocycles. The van der Waals surface area contributed by atoms with Gasteiger partial charge >= 0.3 is 6.09 Å². The molecule has 0 fully saturated rings. The Labute approximate surface area is 87.3 Å². The highest BCUT2D eigenvalue weighted by Gasteiger charge is 2.05. The molecule has 0 saturated heterocycles. The summed E-state index contributed by atoms with van der Waals surface area (Å²) in [6, 6.07) is 0. The lowest BCUT2D eigenvalue weighted by atomic mass is 10.5. The Balaban J connectivity index is 4.24. The summed E-state index contributed by atoms with van der Waals surface area (Å²) in [5, 5.41) is 2.74. The molecule has 6 heteroatoms. The minimum absolute atomic E-state index is 0.178. The van der Waals surface area contributed by atoms with E-state index in [1.807, 2.05) is 0 Å². The van der Waals surface area contributed by atoms with E-state index in [4.69, 9.17) is 0 Å². The Morgan fingerprint density at radius 2 is 2.07 bits per heavy atom. The van der Waals surface area contributed by atoms with Crippen LogP contribution in [0.5, 0.6) is 0 Å². The van der Waals surface area contributed by atoms with Gasteiger partial charge in [0.1, 0.15) is 0 Å². The van der Waals surface area contributed by atoms with E-state index in [9.17, 15) is 9.59 Å². The van der Waals surface area contributed by atoms with E-state index in [2.05, 4.69) is 15.0 Å². The lowest BCUT2D eigenvalue weighted by Crippen LogP contribution is -2.28. The van der Waals surface area contributed by atoms with Crippen LogP contribution in [0.3, 0.4) is 0 Å². The number of carbonyl (C=O) groups is 2. The Kier molecular flexibility index (Phi) is 6.82. The second-order valence-corrected chi connectivity index (χ2v) is 3.02. The summed E-state index contributed by atoms with van der Waals surface area (Å²) < 4.78 is 4.60. The number of hydrogen-bond donors (Lipinski definition) is 1. The van der Waals surface area contributed by atoms with Crippen molar-refractivity contribution in [2.75, 3.05) is 12.9 Å². The van der Waals surface area contributed by atoms with Gasteiger partial charge in [-0.05, 0) is 13.2 Å². The van der Waals surface area contributed by atoms with Crippen LogP contribution in [-0.4, -0.2) is 30.0 Å². The third-order valence-corrected chi connectivity index (χ3v) is 1.80. The molecule has 0 aliphatic carbocycles. The molecular weight excluding hydrogens is 204 g/mol. The zero-order valence-electron chi connectivity index (χ0n) is 8.49. The Morgan fingerprint density at radius 1 is 1.43 bits per heavy atom. The molecule has 0 spiro atoms. The van der Waals surface area contributed by atoms with Gasteiger partial charge in [0.2, 0.25) is 5.91 Å². The first-order valence-corrected chi connectivity index (χ1v) is 5.45. The van der Waals surface area contributed by atoms with E-state index < -0.39 is 6.09 Å². The van der Waals surface area contributed by atoms with Crippen molar-refractivity contribution < 1.29 is 14.3 Å². The van der Waals surface area contributed by atoms with Gasteiger partial charge in [-0.15, -0.1) is 0 Å². The van der Waals surface area contributed by atoms with Gasteiger partial charge in [0, 0.05) is 6.42 Å². The topological polar surface area (TPSA) is 67.8 Å². The van der Waals surface area contributed by atoms with Crippen LogP contribution < -0.4 is 5.32 Å². The molecule has 1 N–H and O–H groups in total. The van der Waals surface area contributed by atoms with Crippen molar-refractivity contribution in [3.8, 4) is 0 Å². The molecule has 0 atom stereocenters. The highest BCUT2D eigenvalue weighted by atomic mass is 32.2. The second kappa shape index (κ2) is 7.37. The standard InChI is InChI=1S/C8H14N2O3S/c1-4-6(11)9-7(14-3)10-8(12)13-5-2/h4-5H2,1-3H3,(H,9,10,11,12). The number of rotatable bonds is 2. The number of amidine groups is 1. The maximum atomic E-state index is 11.0. The lowest BCUT2D eigenvalue weighted by molar-refractivity contribution is -0.119. The van der Waals surface area contributed by atoms with E-state index in [1.54, 1.807) is 20.1 Å². The van der Waals surface area contributed by atoms with Gasteiger partial charge in [-0.2, -0.15) is 4.99 Å². The summed E-state index contributed by atoms with van der Waals surface area (Å²) in [5.41, 5.74) is 0. The van der Waals surface area contributed by atoms with Crippen molar-refractivity contribution >= 4 is 28.9 Å². The first kappa shape index (κ1) is 13.0. The minimum atomic E-state index is -0.687. The molecule has 0 aromatic rings. The number of ether oxygens (including phenoxy) is 1. The molecule has 0 rings (SSSR count). The predicted molar refractivity (Wildman–Crippen MR) is 56.4 cm³/mol. The number of aliphatic imine (C=N–C) groups is 1. The monoisotopic (exact) mass is 218 g/mol. The van der Waals surface area contributed by atoms with Crippen LogP contribution in [0.15, 0.2) is 4.99 Å². The van der Waals surface area contributed by atoms with Gasteiger partial charge in [-0.25, -0.2) is 4.79 Å². The summed E-state index contributed by atoms with van der Waals surface area (Å²) in [4.78, 5) is 25.4. The highest BCUT2D eigenvalue weighted by molar-refractivity contribution is 8.13. The van der Waals surface area contributed by atoms with Gasteiger partial charge in [-0.1, -0.05) is 18.7 Å². The van der Waals surface area contributed by atoms with E-state index >= 15 is 0 Å². The first-order valence-electron chi connectivity index (χ1n) is 4.23. The summed E-state index contributed by atoms with van der Waals surface area (Å²) >= 11 is 1.19. The third-order valence-electron chi connectivity index (χ3n) is 1.22. The fraction of sp³-hybridized carbons (Fsp3) is 0.625. The smallest absolute Gasteiger partial charge is 0.436 e. The van der Waals surface area contributed by atoms with Gasteiger partial charge in [0.25, 0.3) is 0 Å². The molecule has 14 heavy (non-hydrogen) atoms. The summed E-state index contributed by atoms with van der Waals surface area (Å²) in [6.07, 6.45) is 1.38. The fourth-order valence-corrected chi connectivity index (χ4v) is 0.953. The molecule has 0 bridgehead atoms. The highest BCUT2D eigenvalue weighted by Crippen LogP contribution is 1.97. The molecule has 0 unspecified atom stereocenters. The third kappa shape index (κ3) is 5.58. The van der Waals surface area contributed by atoms with Crippen molar-refractivity contribution in [2.45, 2.75) is 20.3 Å². The van der Waals surface area contributed by atoms with Crippen LogP contribution in [0.25, 0.3) is 0 Å². The zero-order chi connectivity index (χ0) is 11.0. The Bertz CT molecular complexity index is 241. The predicted octanol–water partition coefficient (Wildman–Crippen LogP) is 1.39. The number of thioether (sulfide) groups is 1. The van der Waals surface area contributed by atoms with Gasteiger partial charge in [0.15, 0.2) is 5.17 Å². The van der Waals surface area contributed by atoms with E-state index in [0.717, 1.165) is 0 Å². The van der Waals surface area contributed by atoms with E-state index in [1.165, 1.54) is 11.8 Å². The summed E-state index contributed by atoms with van der Waals surface area (Å²) in [6.45, 7) is 3.68. The van der Waals surface area contributed by atoms with Crippen molar-refractivity contribution in [1.29, 1.82) is 0 Å². The molecule has 0 radical (unpaired) electrons. The van der Waals surface area contributed by atoms with Crippen LogP contribution >= 0.6 is 11.8 Å². The fourth-order valence-electron chi connectivity index (χ4n) is 0.571. The largest absolute Gasteiger partial charge is 0.448 e. The van der Waals surface area contributed by atoms with Gasteiger partial charge < -0.3 is 10.1 Å². The van der Waals surface area contributed by atoms with E-state index in [0.29, 0.717) is 6.42 Å². The average Bonchev–Trinajstić information content (AvgIpc) is 2.16. The van der Waals surface area contributed by atoms with Crippen molar-refractivity contribution in [2.24, 2.45) is 4.99 Å². The summed E-state index contributed by atoms with van der Waals surface area (Å²) in [5.74, 6) is -0.178. The molecule has 0 aliphatic rings. The maximum Gasteiger partial charge on any atom is 0.436 e. The van der Waals surface area contributed by atoms with Crippen LogP contribution in [0.4, 0.5) is 4.79 Å². The molecule has 0 aromatic heterocycles. The normalized spacial score (nSPS) is 10.9. The number of nitrogens with one attached hydrogen (secondary N) is 1. The molecule has 0 saturated carbocycles. The maximum absolute atomic E-state index is 11.0. The minimum Gasteiger partial charge on any atom is -0.448 e. The van der Waals surface area contributed by atoms with Crippen LogP contribution in [-0.2, 0) is 9.53 Å². The second-order valence-electron chi connectivity index (χ2n) is 2.22. The summed E-state index contributed by atoms with van der Waals surface area (Å²) in [7, 11) is 0. The quantitative estimate of drug-likeness (QED) is 0.561.